The first-order valence-electron chi connectivity index (χ1n) is 38.2. The number of hydrogen-bond donors (Lipinski definition) is 4. The van der Waals surface area contributed by atoms with Crippen LogP contribution in [0.4, 0.5) is 0 Å². The number of hydrazine groups is 3. The molecule has 32 heteroatoms. The molecular weight excluding hydrogens is 1700 g/mol. The fourth-order valence-electron chi connectivity index (χ4n) is 12.3. The molecule has 0 aliphatic carbocycles. The van der Waals surface area contributed by atoms with E-state index in [2.05, 4.69) is 68.9 Å². The van der Waals surface area contributed by atoms with E-state index in [1.165, 1.54) is 35.3 Å². The molecule has 4 N–H and O–H groups in total. The number of aliphatic hydroxyl groups excluding tert-OH is 1. The van der Waals surface area contributed by atoms with Gasteiger partial charge in [0.05, 0.1) is 62.9 Å². The molecule has 0 saturated carbocycles. The van der Waals surface area contributed by atoms with Gasteiger partial charge in [-0.25, -0.2) is 15.0 Å². The zero-order chi connectivity index (χ0) is 89.8. The monoisotopic (exact) mass is 1820 g/mol. The SMILES string of the molecule is C.CO.COC(OC)c1cc(C(=O)NN(C(=O)c2cc(C)cc(C)c2)C(C)(C)C)ccc1B1OC(C)(C)C(C)(C)O1.C[O-].Cc1cc(C)cc(C(=O)N(NC(=O)c2ccc(B3OC(C)(C)C(C)(C)O3)c(C(Br)Br)c2)C(C)(C)C)c1.Cc1cc(C)cc(C(=O)N(NC(=O)c2ccc(B3OC(C)(C)C(C)(C)O3)c(C=O)c2)C(C)(C)C)c1.[3H][P+](P)=S.[Na+]. The summed E-state index contributed by atoms with van der Waals surface area (Å²) in [5, 5.41) is 19.3. The van der Waals surface area contributed by atoms with E-state index in [0.29, 0.717) is 56.2 Å². The van der Waals surface area contributed by atoms with Crippen LogP contribution in [0, 0.1) is 41.5 Å². The van der Waals surface area contributed by atoms with E-state index < -0.39 is 96.7 Å². The Kier molecular flexibility index (Phi) is 40.0. The number of carbonyl (C=O) groups is 7. The third-order valence-corrected chi connectivity index (χ3v) is 21.3. The maximum absolute atomic E-state index is 13.5. The number of ether oxygens (including phenoxy) is 2. The number of aldehydes is 1. The molecule has 23 nitrogen and oxygen atoms in total. The summed E-state index contributed by atoms with van der Waals surface area (Å²) >= 11 is 11.5. The minimum absolute atomic E-state index is 0. The Morgan fingerprint density at radius 3 is 0.915 bits per heavy atom. The topological polar surface area (TPSA) is 282 Å². The summed E-state index contributed by atoms with van der Waals surface area (Å²) in [7, 11) is 5.04. The molecule has 6 aromatic rings. The van der Waals surface area contributed by atoms with Gasteiger partial charge in [0.2, 0.25) is 0 Å². The predicted octanol–water partition coefficient (Wildman–Crippen LogP) is 11.6. The van der Waals surface area contributed by atoms with Crippen molar-refractivity contribution >= 4 is 139 Å². The zero-order valence-electron chi connectivity index (χ0n) is 75.4. The molecule has 0 spiro atoms. The predicted molar refractivity (Wildman–Crippen MR) is 483 cm³/mol. The smallest absolute Gasteiger partial charge is 0.857 e. The molecule has 118 heavy (non-hydrogen) atoms. The number of benzene rings is 6. The Balaban J connectivity index is 0.000000574. The van der Waals surface area contributed by atoms with Crippen LogP contribution in [0.25, 0.3) is 0 Å². The second-order valence-electron chi connectivity index (χ2n) is 34.5. The molecule has 0 aromatic heterocycles. The first-order chi connectivity index (χ1) is 53.7. The maximum atomic E-state index is 13.5. The summed E-state index contributed by atoms with van der Waals surface area (Å²) in [6, 6.07) is 32.2. The van der Waals surface area contributed by atoms with Gasteiger partial charge in [-0.3, -0.25) is 49.8 Å². The number of carbonyl (C=O) groups excluding carboxylic acids is 7. The van der Waals surface area contributed by atoms with Crippen molar-refractivity contribution in [3.05, 3.63) is 193 Å². The first kappa shape index (κ1) is 107. The summed E-state index contributed by atoms with van der Waals surface area (Å²) < 4.78 is 54.4. The number of hydrogen-bond acceptors (Lipinski definition) is 18. The largest absolute Gasteiger partial charge is 1.00 e. The average Bonchev–Trinajstić information content (AvgIpc) is 1.59. The van der Waals surface area contributed by atoms with Crippen molar-refractivity contribution in [3.63, 3.8) is 0 Å². The second kappa shape index (κ2) is 44.2. The van der Waals surface area contributed by atoms with Crippen molar-refractivity contribution in [2.75, 3.05) is 28.4 Å². The summed E-state index contributed by atoms with van der Waals surface area (Å²) in [6.45, 7) is 51.2. The van der Waals surface area contributed by atoms with E-state index in [9.17, 15) is 33.6 Å². The number of aryl methyl sites for hydroxylation is 6. The fraction of sp³-hybridized carbons (Fsp3) is 0.500. The van der Waals surface area contributed by atoms with Crippen LogP contribution in [-0.2, 0) is 49.2 Å². The summed E-state index contributed by atoms with van der Waals surface area (Å²) in [5.41, 5.74) is 15.4. The van der Waals surface area contributed by atoms with Crippen LogP contribution in [0.15, 0.2) is 109 Å². The van der Waals surface area contributed by atoms with Gasteiger partial charge < -0.3 is 47.6 Å². The molecule has 3 fully saturated rings. The molecule has 9 rings (SSSR count). The molecule has 3 saturated heterocycles. The van der Waals surface area contributed by atoms with Crippen molar-refractivity contribution in [2.24, 2.45) is 0 Å². The van der Waals surface area contributed by atoms with Gasteiger partial charge in [0.15, 0.2) is 25.1 Å². The Bertz CT molecular complexity index is 4470. The quantitative estimate of drug-likeness (QED) is 0.0197. The van der Waals surface area contributed by atoms with E-state index in [-0.39, 0.29) is 69.9 Å². The Morgan fingerprint density at radius 1 is 0.466 bits per heavy atom. The minimum atomic E-state index is -0.870. The van der Waals surface area contributed by atoms with Crippen LogP contribution in [-0.4, -0.2) is 163 Å². The average molecular weight is 1830 g/mol. The Morgan fingerprint density at radius 2 is 0.686 bits per heavy atom. The molecule has 3 heterocycles. The summed E-state index contributed by atoms with van der Waals surface area (Å²) in [5.74, 6) is -2.20. The number of nitrogens with zero attached hydrogens (tertiary/aromatic N) is 3. The number of amides is 6. The molecule has 6 amide bonds. The van der Waals surface area contributed by atoms with Gasteiger partial charge in [-0.05, 0) is 282 Å². The van der Waals surface area contributed by atoms with Gasteiger partial charge in [-0.2, -0.15) is 7.11 Å². The molecule has 6 aromatic carbocycles. The molecule has 3 aliphatic heterocycles. The van der Waals surface area contributed by atoms with Crippen LogP contribution in [0.1, 0.15) is 280 Å². The zero-order valence-corrected chi connectivity index (χ0v) is 82.4. The van der Waals surface area contributed by atoms with E-state index in [1.54, 1.807) is 54.6 Å². The van der Waals surface area contributed by atoms with Gasteiger partial charge in [-0.1, -0.05) is 109 Å². The first-order valence-corrected chi connectivity index (χ1v) is 43.1. The van der Waals surface area contributed by atoms with Gasteiger partial charge in [0.1, 0.15) is 6.29 Å². The summed E-state index contributed by atoms with van der Waals surface area (Å²) in [6.07, 6.45) is -0.0771. The van der Waals surface area contributed by atoms with Crippen LogP contribution < -0.4 is 67.3 Å². The Labute approximate surface area is 752 Å². The van der Waals surface area contributed by atoms with E-state index >= 15 is 0 Å². The standard InChI is InChI=1S/C29H41BN2O6.C27H35BBr2N2O4.C27H35BN2O5.CH4O.CH3O.CH4.Na.H2P2S/c1-18-14-19(2)16-21(15-18)25(34)32(27(3,4)5)31-24(33)20-12-13-23(22(17-20)26(35-10)36-11)30-37-28(6,7)29(8,9)38-30;1-16-12-17(2)14-19(13-16)24(34)32(25(3,4)5)31-23(33)18-10-11-21(20(15-18)22(29)30)28-35-26(6,7)27(8,9)36-28;1-17-12-18(2)14-20(13-17)24(33)30(25(3,4)5)29-23(32)19-10-11-22(21(15-19)16-31)28-34-26(6,7)27(8,9)35-28;2*1-2;;;1-2-3/h12-17,26H,1-11H3,(H,31,33);10-15,22H,1-9H3,(H,31,33);10-16H,1-9H3,(H,29,32);2H,1H3;1H3;1H4;;1H2/q;;;;-1;;+1;/p+1/i/hT. The van der Waals surface area contributed by atoms with Crippen LogP contribution >= 0.6 is 47.8 Å². The summed E-state index contributed by atoms with van der Waals surface area (Å²) in [4.78, 5) is 92.3. The molecule has 3 aliphatic rings. The molecule has 2 atom stereocenters. The van der Waals surface area contributed by atoms with Crippen LogP contribution in [0.2, 0.25) is 0 Å². The number of methoxy groups -OCH3 is 2. The van der Waals surface area contributed by atoms with Gasteiger partial charge in [0, 0.05) is 65.8 Å². The van der Waals surface area contributed by atoms with Crippen molar-refractivity contribution in [3.8, 4) is 0 Å². The maximum Gasteiger partial charge on any atom is 1.00 e. The molecular formula is C86H125B3Br2N6NaO17P2S+. The van der Waals surface area contributed by atoms with Gasteiger partial charge in [0.25, 0.3) is 35.4 Å². The number of aliphatic hydroxyl groups is 1. The number of rotatable bonds is 14. The van der Waals surface area contributed by atoms with Crippen molar-refractivity contribution in [2.45, 2.75) is 255 Å². The number of halogens is 2. The molecule has 0 bridgehead atoms. The minimum Gasteiger partial charge on any atom is -0.857 e. The molecule has 2 unspecified atom stereocenters. The van der Waals surface area contributed by atoms with Crippen LogP contribution in [0.3, 0.4) is 0 Å². The van der Waals surface area contributed by atoms with Crippen LogP contribution in [0.5, 0.6) is 0 Å². The molecule has 0 radical (unpaired) electrons. The van der Waals surface area contributed by atoms with E-state index in [4.69, 9.17) is 48.9 Å². The van der Waals surface area contributed by atoms with Crippen molar-refractivity contribution < 1.29 is 111 Å². The third kappa shape index (κ3) is 27.8. The fourth-order valence-corrected chi connectivity index (χ4v) is 13.1. The van der Waals surface area contributed by atoms with E-state index in [1.807, 2.05) is 235 Å². The van der Waals surface area contributed by atoms with Gasteiger partial charge >= 0.3 is 52.2 Å². The van der Waals surface area contributed by atoms with Gasteiger partial charge in [-0.15, -0.1) is 0 Å². The van der Waals surface area contributed by atoms with E-state index in [0.717, 1.165) is 58.6 Å². The third-order valence-electron chi connectivity index (χ3n) is 20.3. The molecule has 640 valence electrons. The van der Waals surface area contributed by atoms with Crippen molar-refractivity contribution in [1.82, 2.24) is 31.3 Å². The Hall–Kier alpha value is -5.49. The van der Waals surface area contributed by atoms with Crippen molar-refractivity contribution in [1.29, 1.82) is 1.28 Å². The second-order valence-corrected chi connectivity index (χ2v) is 40.3. The number of alkyl halides is 2. The number of nitrogens with one attached hydrogen (secondary N) is 3. The normalized spacial score (nSPS) is 15.9.